The van der Waals surface area contributed by atoms with E-state index < -0.39 is 0 Å². The van der Waals surface area contributed by atoms with Crippen LogP contribution in [0.5, 0.6) is 0 Å². The number of anilines is 1. The summed E-state index contributed by atoms with van der Waals surface area (Å²) in [5.74, 6) is -0.163. The van der Waals surface area contributed by atoms with Crippen molar-refractivity contribution in [1.82, 2.24) is 15.0 Å². The first kappa shape index (κ1) is 14.2. The molecule has 0 aliphatic carbocycles. The summed E-state index contributed by atoms with van der Waals surface area (Å²) in [5.41, 5.74) is 3.18. The second-order valence-corrected chi connectivity index (χ2v) is 6.82. The Hall–Kier alpha value is -2.38. The minimum absolute atomic E-state index is 0.163. The highest BCUT2D eigenvalue weighted by Crippen LogP contribution is 2.24. The van der Waals surface area contributed by atoms with Crippen LogP contribution in [0.15, 0.2) is 30.6 Å². The molecule has 0 saturated carbocycles. The fourth-order valence-corrected chi connectivity index (χ4v) is 3.86. The van der Waals surface area contributed by atoms with Gasteiger partial charge in [0.2, 0.25) is 0 Å². The Bertz CT molecular complexity index is 891. The molecule has 23 heavy (non-hydrogen) atoms. The molecule has 2 aromatic heterocycles. The number of amides is 1. The van der Waals surface area contributed by atoms with Crippen molar-refractivity contribution in [3.05, 3.63) is 46.7 Å². The van der Waals surface area contributed by atoms with Gasteiger partial charge in [-0.3, -0.25) is 20.1 Å². The number of fused-ring (bicyclic) bond motifs is 2. The van der Waals surface area contributed by atoms with E-state index in [0.29, 0.717) is 16.2 Å². The van der Waals surface area contributed by atoms with Gasteiger partial charge in [0.25, 0.3) is 5.91 Å². The summed E-state index contributed by atoms with van der Waals surface area (Å²) in [5, 5.41) is 3.58. The number of nitrogens with zero attached hydrogens (tertiary/aromatic N) is 3. The lowest BCUT2D eigenvalue weighted by atomic mass is 10.2. The number of likely N-dealkylation sites (N-methyl/N-ethyl adjacent to an activating group) is 1. The van der Waals surface area contributed by atoms with E-state index in [1.54, 1.807) is 35.9 Å². The molecule has 1 aliphatic heterocycles. The van der Waals surface area contributed by atoms with Gasteiger partial charge in [0.1, 0.15) is 6.54 Å². The summed E-state index contributed by atoms with van der Waals surface area (Å²) >= 11 is 1.57. The van der Waals surface area contributed by atoms with Crippen molar-refractivity contribution in [2.45, 2.75) is 13.0 Å². The Kier molecular flexibility index (Phi) is 3.51. The third-order valence-corrected chi connectivity index (χ3v) is 4.99. The van der Waals surface area contributed by atoms with Crippen molar-refractivity contribution < 1.29 is 9.69 Å². The Morgan fingerprint density at radius 1 is 1.26 bits per heavy atom. The molecule has 1 aromatic carbocycles. The van der Waals surface area contributed by atoms with E-state index >= 15 is 0 Å². The van der Waals surface area contributed by atoms with Crippen molar-refractivity contribution in [2.75, 3.05) is 18.9 Å². The average molecular weight is 326 g/mol. The van der Waals surface area contributed by atoms with Crippen LogP contribution in [0.2, 0.25) is 0 Å². The number of carbonyl (C=O) groups is 1. The normalized spacial score (nSPS) is 17.0. The van der Waals surface area contributed by atoms with Gasteiger partial charge in [-0.15, -0.1) is 0 Å². The maximum absolute atomic E-state index is 12.4. The summed E-state index contributed by atoms with van der Waals surface area (Å²) in [6.45, 7) is 2.07. The molecule has 1 atom stereocenters. The minimum Gasteiger partial charge on any atom is -0.333 e. The molecule has 3 heterocycles. The van der Waals surface area contributed by atoms with Crippen LogP contribution in [-0.4, -0.2) is 34.5 Å². The molecule has 1 unspecified atom stereocenters. The van der Waals surface area contributed by atoms with Crippen LogP contribution in [0.4, 0.5) is 5.13 Å². The molecule has 6 nitrogen and oxygen atoms in total. The van der Waals surface area contributed by atoms with Gasteiger partial charge in [-0.05, 0) is 18.2 Å². The van der Waals surface area contributed by atoms with Gasteiger partial charge >= 0.3 is 0 Å². The fraction of sp³-hybridized carbons (Fsp3) is 0.250. The van der Waals surface area contributed by atoms with Gasteiger partial charge in [0, 0.05) is 24.4 Å². The smallest absolute Gasteiger partial charge is 0.257 e. The zero-order chi connectivity index (χ0) is 15.8. The predicted molar refractivity (Wildman–Crippen MR) is 88.8 cm³/mol. The summed E-state index contributed by atoms with van der Waals surface area (Å²) in [4.78, 5) is 28.2. The topological polar surface area (TPSA) is 72.2 Å². The molecular weight excluding hydrogens is 310 g/mol. The minimum atomic E-state index is -0.163. The largest absolute Gasteiger partial charge is 0.333 e. The van der Waals surface area contributed by atoms with E-state index in [1.807, 2.05) is 6.07 Å². The van der Waals surface area contributed by atoms with Crippen LogP contribution in [0.3, 0.4) is 0 Å². The van der Waals surface area contributed by atoms with Crippen LogP contribution in [0, 0.1) is 0 Å². The highest BCUT2D eigenvalue weighted by atomic mass is 32.1. The van der Waals surface area contributed by atoms with Crippen LogP contribution in [0.25, 0.3) is 11.0 Å². The molecule has 0 spiro atoms. The third kappa shape index (κ3) is 2.80. The molecule has 116 valence electrons. The number of hydrogen-bond donors (Lipinski definition) is 2. The lowest BCUT2D eigenvalue weighted by Crippen LogP contribution is -3.08. The summed E-state index contributed by atoms with van der Waals surface area (Å²) in [6, 6.07) is 5.32. The summed E-state index contributed by atoms with van der Waals surface area (Å²) in [7, 11) is 2.18. The lowest BCUT2D eigenvalue weighted by Gasteiger charge is -2.17. The van der Waals surface area contributed by atoms with Gasteiger partial charge in [0.15, 0.2) is 5.13 Å². The number of carbonyl (C=O) groups excluding carboxylic acids is 1. The number of quaternary nitrogens is 1. The number of benzene rings is 1. The van der Waals surface area contributed by atoms with Crippen LogP contribution >= 0.6 is 11.3 Å². The SMILES string of the molecule is C[NH+]1CCc2nc(NC(=O)c3ccc4nccnc4c3)sc2C1. The van der Waals surface area contributed by atoms with Crippen LogP contribution in [-0.2, 0) is 13.0 Å². The van der Waals surface area contributed by atoms with Crippen molar-refractivity contribution in [3.63, 3.8) is 0 Å². The Morgan fingerprint density at radius 3 is 2.96 bits per heavy atom. The van der Waals surface area contributed by atoms with Gasteiger partial charge < -0.3 is 4.90 Å². The molecule has 0 radical (unpaired) electrons. The number of rotatable bonds is 2. The number of nitrogens with one attached hydrogen (secondary N) is 2. The van der Waals surface area contributed by atoms with E-state index in [0.717, 1.165) is 30.7 Å². The molecule has 0 bridgehead atoms. The van der Waals surface area contributed by atoms with Crippen LogP contribution < -0.4 is 10.2 Å². The molecule has 1 aliphatic rings. The maximum Gasteiger partial charge on any atom is 0.257 e. The average Bonchev–Trinajstić information content (AvgIpc) is 2.95. The number of aromatic nitrogens is 3. The Labute approximate surface area is 137 Å². The Balaban J connectivity index is 1.57. The highest BCUT2D eigenvalue weighted by molar-refractivity contribution is 7.15. The zero-order valence-electron chi connectivity index (χ0n) is 12.7. The molecular formula is C16H16N5OS+. The molecule has 1 amide bonds. The second-order valence-electron chi connectivity index (χ2n) is 5.74. The fourth-order valence-electron chi connectivity index (χ4n) is 2.74. The molecule has 2 N–H and O–H groups in total. The van der Waals surface area contributed by atoms with Crippen molar-refractivity contribution >= 4 is 33.4 Å². The van der Waals surface area contributed by atoms with E-state index in [4.69, 9.17) is 0 Å². The summed E-state index contributed by atoms with van der Waals surface area (Å²) < 4.78 is 0. The molecule has 4 rings (SSSR count). The summed E-state index contributed by atoms with van der Waals surface area (Å²) in [6.07, 6.45) is 4.23. The first-order valence-corrected chi connectivity index (χ1v) is 8.33. The third-order valence-electron chi connectivity index (χ3n) is 3.98. The number of thiazole rings is 1. The highest BCUT2D eigenvalue weighted by Gasteiger charge is 2.21. The van der Waals surface area contributed by atoms with E-state index in [2.05, 4.69) is 27.3 Å². The first-order valence-electron chi connectivity index (χ1n) is 7.51. The van der Waals surface area contributed by atoms with E-state index in [9.17, 15) is 4.79 Å². The first-order chi connectivity index (χ1) is 11.2. The van der Waals surface area contributed by atoms with Crippen LogP contribution in [0.1, 0.15) is 20.9 Å². The van der Waals surface area contributed by atoms with Gasteiger partial charge in [-0.25, -0.2) is 4.98 Å². The Morgan fingerprint density at radius 2 is 2.09 bits per heavy atom. The molecule has 7 heteroatoms. The van der Waals surface area contributed by atoms with Crippen molar-refractivity contribution in [2.24, 2.45) is 0 Å². The van der Waals surface area contributed by atoms with E-state index in [1.165, 1.54) is 9.78 Å². The monoisotopic (exact) mass is 326 g/mol. The quantitative estimate of drug-likeness (QED) is 0.734. The maximum atomic E-state index is 12.4. The standard InChI is InChI=1S/C16H15N5OS/c1-21-7-4-12-14(9-21)23-16(19-12)20-15(22)10-2-3-11-13(8-10)18-6-5-17-11/h2-3,5-6,8H,4,7,9H2,1H3,(H,19,20,22)/p+1. The van der Waals surface area contributed by atoms with Gasteiger partial charge in [-0.1, -0.05) is 11.3 Å². The van der Waals surface area contributed by atoms with E-state index in [-0.39, 0.29) is 5.91 Å². The van der Waals surface area contributed by atoms with Crippen molar-refractivity contribution in [1.29, 1.82) is 0 Å². The van der Waals surface area contributed by atoms with Gasteiger partial charge in [-0.2, -0.15) is 0 Å². The molecule has 0 saturated heterocycles. The van der Waals surface area contributed by atoms with Crippen molar-refractivity contribution in [3.8, 4) is 0 Å². The molecule has 3 aromatic rings. The molecule has 0 fully saturated rings. The predicted octanol–water partition coefficient (Wildman–Crippen LogP) is 0.909. The second kappa shape index (κ2) is 5.68. The number of hydrogen-bond acceptors (Lipinski definition) is 5. The van der Waals surface area contributed by atoms with Gasteiger partial charge in [0.05, 0.1) is 35.2 Å². The zero-order valence-corrected chi connectivity index (χ0v) is 13.5. The lowest BCUT2D eigenvalue weighted by molar-refractivity contribution is -0.895.